The highest BCUT2D eigenvalue weighted by Crippen LogP contribution is 2.31. The number of imidazole rings is 1. The fraction of sp³-hybridized carbons (Fsp3) is 0.160. The van der Waals surface area contributed by atoms with Gasteiger partial charge in [-0.3, -0.25) is 4.57 Å². The van der Waals surface area contributed by atoms with Gasteiger partial charge in [0.25, 0.3) is 0 Å². The van der Waals surface area contributed by atoms with Gasteiger partial charge < -0.3 is 15.1 Å². The summed E-state index contributed by atoms with van der Waals surface area (Å²) in [6.07, 6.45) is 2.53. The van der Waals surface area contributed by atoms with Crippen molar-refractivity contribution in [2.75, 3.05) is 23.7 Å². The molecule has 0 radical (unpaired) electrons. The maximum Gasteiger partial charge on any atom is 0.226 e. The molecule has 7 heteroatoms. The van der Waals surface area contributed by atoms with Crippen LogP contribution in [0.3, 0.4) is 0 Å². The third-order valence-electron chi connectivity index (χ3n) is 5.15. The van der Waals surface area contributed by atoms with Crippen LogP contribution < -0.4 is 10.6 Å². The molecule has 0 aliphatic rings. The Morgan fingerprint density at radius 1 is 0.844 bits per heavy atom. The van der Waals surface area contributed by atoms with E-state index in [9.17, 15) is 0 Å². The lowest BCUT2D eigenvalue weighted by Crippen LogP contribution is -2.11. The molecular formula is C25H24N6O. The Labute approximate surface area is 186 Å². The second-order valence-corrected chi connectivity index (χ2v) is 7.34. The van der Waals surface area contributed by atoms with Gasteiger partial charge in [0.15, 0.2) is 28.6 Å². The summed E-state index contributed by atoms with van der Waals surface area (Å²) in [5, 5.41) is 6.72. The molecule has 0 amide bonds. The number of rotatable bonds is 8. The minimum atomic E-state index is 0.562. The van der Waals surface area contributed by atoms with E-state index in [0.29, 0.717) is 28.9 Å². The van der Waals surface area contributed by atoms with Crippen LogP contribution >= 0.6 is 0 Å². The Kier molecular flexibility index (Phi) is 5.53. The molecule has 32 heavy (non-hydrogen) atoms. The fourth-order valence-electron chi connectivity index (χ4n) is 3.68. The number of nitrogens with one attached hydrogen (secondary N) is 2. The van der Waals surface area contributed by atoms with E-state index < -0.39 is 0 Å². The van der Waals surface area contributed by atoms with Crippen LogP contribution in [0.4, 0.5) is 11.8 Å². The molecule has 160 valence electrons. The molecule has 2 N–H and O–H groups in total. The first-order valence-electron chi connectivity index (χ1n) is 10.7. The van der Waals surface area contributed by atoms with Gasteiger partial charge in [-0.15, -0.1) is 0 Å². The van der Waals surface area contributed by atoms with Crippen molar-refractivity contribution in [2.45, 2.75) is 13.3 Å². The van der Waals surface area contributed by atoms with E-state index in [1.807, 2.05) is 60.0 Å². The van der Waals surface area contributed by atoms with E-state index in [0.717, 1.165) is 30.8 Å². The Morgan fingerprint density at radius 2 is 1.62 bits per heavy atom. The standard InChI is InChI=1S/C25H24N6O/c1-2-26-22-21-24(30-25(29-22)27-16-15-18-10-5-3-6-11-18)31(19-12-7-4-8-13-19)23(28-21)20-14-9-17-32-20/h3-14,17H,2,15-16H2,1H3,(H2,26,27,29,30). The van der Waals surface area contributed by atoms with Crippen LogP contribution in [-0.2, 0) is 6.42 Å². The monoisotopic (exact) mass is 424 g/mol. The molecule has 0 atom stereocenters. The largest absolute Gasteiger partial charge is 0.461 e. The first kappa shape index (κ1) is 19.8. The molecule has 0 saturated heterocycles. The van der Waals surface area contributed by atoms with Crippen molar-refractivity contribution in [3.05, 3.63) is 84.6 Å². The Morgan fingerprint density at radius 3 is 2.34 bits per heavy atom. The predicted octanol–water partition coefficient (Wildman–Crippen LogP) is 5.16. The molecule has 0 aliphatic carbocycles. The van der Waals surface area contributed by atoms with E-state index in [4.69, 9.17) is 19.4 Å². The maximum absolute atomic E-state index is 5.69. The van der Waals surface area contributed by atoms with Crippen LogP contribution in [0.2, 0.25) is 0 Å². The minimum absolute atomic E-state index is 0.562. The van der Waals surface area contributed by atoms with Crippen LogP contribution in [0.5, 0.6) is 0 Å². The van der Waals surface area contributed by atoms with Crippen molar-refractivity contribution >= 4 is 22.9 Å². The summed E-state index contributed by atoms with van der Waals surface area (Å²) in [4.78, 5) is 14.4. The lowest BCUT2D eigenvalue weighted by atomic mass is 10.1. The Balaban J connectivity index is 1.59. The first-order chi connectivity index (χ1) is 15.8. The highest BCUT2D eigenvalue weighted by Gasteiger charge is 2.21. The quantitative estimate of drug-likeness (QED) is 0.358. The lowest BCUT2D eigenvalue weighted by Gasteiger charge is -2.11. The molecule has 3 aromatic heterocycles. The van der Waals surface area contributed by atoms with Crippen molar-refractivity contribution in [1.29, 1.82) is 0 Å². The molecular weight excluding hydrogens is 400 g/mol. The van der Waals surface area contributed by atoms with E-state index in [1.165, 1.54) is 5.56 Å². The van der Waals surface area contributed by atoms with Gasteiger partial charge in [0.05, 0.1) is 6.26 Å². The first-order valence-corrected chi connectivity index (χ1v) is 10.7. The highest BCUT2D eigenvalue weighted by atomic mass is 16.3. The second kappa shape index (κ2) is 8.93. The summed E-state index contributed by atoms with van der Waals surface area (Å²) in [5.74, 6) is 2.62. The molecule has 5 rings (SSSR count). The van der Waals surface area contributed by atoms with Crippen LogP contribution in [0.25, 0.3) is 28.4 Å². The summed E-state index contributed by atoms with van der Waals surface area (Å²) in [6, 6.07) is 24.2. The van der Waals surface area contributed by atoms with Crippen LogP contribution in [0.1, 0.15) is 12.5 Å². The predicted molar refractivity (Wildman–Crippen MR) is 127 cm³/mol. The van der Waals surface area contributed by atoms with Gasteiger partial charge in [-0.05, 0) is 43.2 Å². The maximum atomic E-state index is 5.69. The Bertz CT molecular complexity index is 1300. The number of anilines is 2. The van der Waals surface area contributed by atoms with Gasteiger partial charge in [-0.2, -0.15) is 9.97 Å². The average Bonchev–Trinajstić information content (AvgIpc) is 3.49. The van der Waals surface area contributed by atoms with Gasteiger partial charge in [0, 0.05) is 18.8 Å². The average molecular weight is 425 g/mol. The zero-order valence-electron chi connectivity index (χ0n) is 17.8. The van der Waals surface area contributed by atoms with Crippen LogP contribution in [0.15, 0.2) is 83.5 Å². The summed E-state index contributed by atoms with van der Waals surface area (Å²) in [6.45, 7) is 3.49. The van der Waals surface area contributed by atoms with E-state index >= 15 is 0 Å². The molecule has 3 heterocycles. The van der Waals surface area contributed by atoms with Gasteiger partial charge >= 0.3 is 0 Å². The third kappa shape index (κ3) is 3.92. The number of hydrogen-bond acceptors (Lipinski definition) is 6. The van der Waals surface area contributed by atoms with Crippen molar-refractivity contribution in [2.24, 2.45) is 0 Å². The van der Waals surface area contributed by atoms with Gasteiger partial charge in [0.1, 0.15) is 0 Å². The number of benzene rings is 2. The molecule has 0 saturated carbocycles. The number of aromatic nitrogens is 4. The Hall–Kier alpha value is -4.13. The van der Waals surface area contributed by atoms with Gasteiger partial charge in [-0.25, -0.2) is 4.98 Å². The van der Waals surface area contributed by atoms with Crippen LogP contribution in [0, 0.1) is 0 Å². The summed E-state index contributed by atoms with van der Waals surface area (Å²) in [5.41, 5.74) is 3.65. The van der Waals surface area contributed by atoms with Crippen molar-refractivity contribution < 1.29 is 4.42 Å². The lowest BCUT2D eigenvalue weighted by molar-refractivity contribution is 0.576. The molecule has 5 aromatic rings. The zero-order chi connectivity index (χ0) is 21.8. The summed E-state index contributed by atoms with van der Waals surface area (Å²) >= 11 is 0. The number of para-hydroxylation sites is 1. The van der Waals surface area contributed by atoms with Gasteiger partial charge in [-0.1, -0.05) is 48.5 Å². The SMILES string of the molecule is CCNc1nc(NCCc2ccccc2)nc2c1nc(-c1ccco1)n2-c1ccccc1. The van der Waals surface area contributed by atoms with E-state index in [1.54, 1.807) is 6.26 Å². The molecule has 2 aromatic carbocycles. The topological polar surface area (TPSA) is 80.8 Å². The summed E-state index contributed by atoms with van der Waals surface area (Å²) in [7, 11) is 0. The normalized spacial score (nSPS) is 11.0. The number of hydrogen-bond donors (Lipinski definition) is 2. The van der Waals surface area contributed by atoms with Crippen molar-refractivity contribution in [3.63, 3.8) is 0 Å². The van der Waals surface area contributed by atoms with Gasteiger partial charge in [0.2, 0.25) is 5.95 Å². The molecule has 0 unspecified atom stereocenters. The second-order valence-electron chi connectivity index (χ2n) is 7.34. The summed E-state index contributed by atoms with van der Waals surface area (Å²) < 4.78 is 7.70. The van der Waals surface area contributed by atoms with Crippen molar-refractivity contribution in [3.8, 4) is 17.3 Å². The number of fused-ring (bicyclic) bond motifs is 1. The van der Waals surface area contributed by atoms with Crippen molar-refractivity contribution in [1.82, 2.24) is 19.5 Å². The molecule has 0 spiro atoms. The molecule has 7 nitrogen and oxygen atoms in total. The highest BCUT2D eigenvalue weighted by molar-refractivity contribution is 5.88. The molecule has 0 bridgehead atoms. The van der Waals surface area contributed by atoms with E-state index in [-0.39, 0.29) is 0 Å². The smallest absolute Gasteiger partial charge is 0.226 e. The number of furan rings is 1. The number of nitrogens with zero attached hydrogens (tertiary/aromatic N) is 4. The third-order valence-corrected chi connectivity index (χ3v) is 5.15. The van der Waals surface area contributed by atoms with E-state index in [2.05, 4.69) is 34.9 Å². The zero-order valence-corrected chi connectivity index (χ0v) is 17.8. The fourth-order valence-corrected chi connectivity index (χ4v) is 3.68. The van der Waals surface area contributed by atoms with Crippen LogP contribution in [-0.4, -0.2) is 32.6 Å². The molecule has 0 aliphatic heterocycles. The minimum Gasteiger partial charge on any atom is -0.461 e. The molecule has 0 fully saturated rings.